The quantitative estimate of drug-likeness (QED) is 0.327. The van der Waals surface area contributed by atoms with E-state index in [2.05, 4.69) is 32.2 Å². The van der Waals surface area contributed by atoms with E-state index >= 15 is 0 Å². The van der Waals surface area contributed by atoms with Gasteiger partial charge in [0.05, 0.1) is 32.6 Å². The van der Waals surface area contributed by atoms with Gasteiger partial charge in [-0.3, -0.25) is 4.79 Å². The van der Waals surface area contributed by atoms with Crippen molar-refractivity contribution in [3.05, 3.63) is 64.5 Å². The number of thiazole rings is 1. The van der Waals surface area contributed by atoms with Crippen LogP contribution in [0.5, 0.6) is 0 Å². The van der Waals surface area contributed by atoms with Crippen LogP contribution in [-0.4, -0.2) is 49.3 Å². The lowest BCUT2D eigenvalue weighted by molar-refractivity contribution is -0.936. The number of carbonyl (C=O) groups is 1. The second kappa shape index (κ2) is 11.0. The maximum atomic E-state index is 13.5. The monoisotopic (exact) mass is 595 g/mol. The number of aromatic nitrogens is 1. The zero-order valence-electron chi connectivity index (χ0n) is 23.1. The predicted molar refractivity (Wildman–Crippen MR) is 163 cm³/mol. The smallest absolute Gasteiger partial charge is 0.256 e. The lowest BCUT2D eigenvalue weighted by Gasteiger charge is -2.29. The number of amides is 1. The summed E-state index contributed by atoms with van der Waals surface area (Å²) in [7, 11) is -3.56. The van der Waals surface area contributed by atoms with Gasteiger partial charge in [-0.1, -0.05) is 19.1 Å². The van der Waals surface area contributed by atoms with Gasteiger partial charge in [0.2, 0.25) is 10.0 Å². The Morgan fingerprint density at radius 1 is 1.07 bits per heavy atom. The van der Waals surface area contributed by atoms with E-state index in [-0.39, 0.29) is 10.8 Å². The molecule has 210 valence electrons. The molecule has 40 heavy (non-hydrogen) atoms. The largest absolute Gasteiger partial charge is 0.328 e. The van der Waals surface area contributed by atoms with Crippen LogP contribution in [0.2, 0.25) is 0 Å². The number of carbonyl (C=O) groups excluding carboxylic acids is 1. The summed E-state index contributed by atoms with van der Waals surface area (Å²) in [6, 6.07) is 15.0. The summed E-state index contributed by atoms with van der Waals surface area (Å²) in [6.45, 7) is 9.73. The molecule has 4 aromatic rings. The van der Waals surface area contributed by atoms with E-state index in [9.17, 15) is 13.2 Å². The fourth-order valence-corrected chi connectivity index (χ4v) is 9.49. The van der Waals surface area contributed by atoms with E-state index in [1.165, 1.54) is 10.4 Å². The van der Waals surface area contributed by atoms with E-state index in [1.807, 2.05) is 18.2 Å². The van der Waals surface area contributed by atoms with Gasteiger partial charge in [0, 0.05) is 30.6 Å². The number of sulfonamides is 1. The number of para-hydroxylation sites is 1. The van der Waals surface area contributed by atoms with Crippen LogP contribution < -0.4 is 10.2 Å². The Kier molecular flexibility index (Phi) is 7.56. The number of nitrogens with zero attached hydrogens (tertiary/aromatic N) is 2. The van der Waals surface area contributed by atoms with Gasteiger partial charge in [-0.2, -0.15) is 4.31 Å². The summed E-state index contributed by atoms with van der Waals surface area (Å²) in [5.41, 5.74) is 3.73. The molecule has 2 aromatic heterocycles. The molecule has 1 saturated heterocycles. The van der Waals surface area contributed by atoms with E-state index in [4.69, 9.17) is 4.98 Å². The van der Waals surface area contributed by atoms with Gasteiger partial charge in [-0.05, 0) is 74.6 Å². The van der Waals surface area contributed by atoms with Gasteiger partial charge >= 0.3 is 0 Å². The van der Waals surface area contributed by atoms with Crippen molar-refractivity contribution >= 4 is 53.8 Å². The summed E-state index contributed by atoms with van der Waals surface area (Å²) < 4.78 is 29.0. The van der Waals surface area contributed by atoms with Crippen LogP contribution in [-0.2, 0) is 23.0 Å². The van der Waals surface area contributed by atoms with E-state index in [0.29, 0.717) is 30.6 Å². The number of hydrogen-bond donors (Lipinski definition) is 2. The molecule has 1 atom stereocenters. The first-order chi connectivity index (χ1) is 19.2. The lowest BCUT2D eigenvalue weighted by Crippen LogP contribution is -3.14. The summed E-state index contributed by atoms with van der Waals surface area (Å²) in [5.74, 6) is 0.299. The first-order valence-electron chi connectivity index (χ1n) is 14.0. The second-order valence-corrected chi connectivity index (χ2v) is 15.3. The SMILES string of the molecule is CC1CCN(S(=O)(=O)c2ccc(C(=O)Nc3sc4c(c3-c3nc5ccccc5s3)CC[NH+](C(C)C)C4)cc2)CC1. The van der Waals surface area contributed by atoms with Crippen LogP contribution in [0.25, 0.3) is 20.8 Å². The van der Waals surface area contributed by atoms with Crippen molar-refractivity contribution in [2.45, 2.75) is 57.5 Å². The van der Waals surface area contributed by atoms with Crippen molar-refractivity contribution in [1.82, 2.24) is 9.29 Å². The number of nitrogens with one attached hydrogen (secondary N) is 2. The first kappa shape index (κ1) is 27.5. The van der Waals surface area contributed by atoms with E-state index in [0.717, 1.165) is 58.1 Å². The van der Waals surface area contributed by atoms with Crippen molar-refractivity contribution < 1.29 is 18.1 Å². The predicted octanol–water partition coefficient (Wildman–Crippen LogP) is 5.05. The molecule has 1 fully saturated rings. The third kappa shape index (κ3) is 5.23. The molecule has 6 rings (SSSR count). The molecular weight excluding hydrogens is 561 g/mol. The van der Waals surface area contributed by atoms with Crippen LogP contribution in [0.4, 0.5) is 5.00 Å². The zero-order valence-corrected chi connectivity index (χ0v) is 25.5. The van der Waals surface area contributed by atoms with Crippen molar-refractivity contribution in [2.24, 2.45) is 5.92 Å². The highest BCUT2D eigenvalue weighted by Gasteiger charge is 2.31. The molecule has 2 N–H and O–H groups in total. The van der Waals surface area contributed by atoms with Crippen LogP contribution >= 0.6 is 22.7 Å². The molecule has 0 bridgehead atoms. The van der Waals surface area contributed by atoms with Crippen molar-refractivity contribution in [3.63, 3.8) is 0 Å². The molecule has 0 saturated carbocycles. The molecule has 1 amide bonds. The number of benzene rings is 2. The number of hydrogen-bond acceptors (Lipinski definition) is 6. The Bertz CT molecular complexity index is 1620. The maximum Gasteiger partial charge on any atom is 0.256 e. The molecule has 0 radical (unpaired) electrons. The highest BCUT2D eigenvalue weighted by atomic mass is 32.2. The van der Waals surface area contributed by atoms with Gasteiger partial charge in [-0.15, -0.1) is 22.7 Å². The fraction of sp³-hybridized carbons (Fsp3) is 0.400. The lowest BCUT2D eigenvalue weighted by atomic mass is 10.0. The highest BCUT2D eigenvalue weighted by Crippen LogP contribution is 2.44. The topological polar surface area (TPSA) is 83.8 Å². The molecule has 2 aliphatic heterocycles. The molecule has 10 heteroatoms. The Morgan fingerprint density at radius 2 is 1.80 bits per heavy atom. The van der Waals surface area contributed by atoms with Gasteiger partial charge in [-0.25, -0.2) is 13.4 Å². The molecule has 2 aromatic carbocycles. The Labute approximate surface area is 243 Å². The first-order valence-corrected chi connectivity index (χ1v) is 17.0. The zero-order chi connectivity index (χ0) is 28.0. The van der Waals surface area contributed by atoms with Crippen LogP contribution in [0, 0.1) is 5.92 Å². The van der Waals surface area contributed by atoms with Crippen molar-refractivity contribution in [2.75, 3.05) is 25.0 Å². The minimum Gasteiger partial charge on any atom is -0.328 e. The Balaban J connectivity index is 1.29. The Hall–Kier alpha value is -2.63. The van der Waals surface area contributed by atoms with Gasteiger partial charge in [0.1, 0.15) is 16.6 Å². The molecule has 0 spiro atoms. The van der Waals surface area contributed by atoms with Gasteiger partial charge < -0.3 is 10.2 Å². The van der Waals surface area contributed by atoms with Gasteiger partial charge in [0.15, 0.2) is 0 Å². The third-order valence-electron chi connectivity index (χ3n) is 8.22. The standard InChI is InChI=1S/C30H34N4O3S3/c1-19(2)33-15-14-23-26(18-33)39-30(27(23)29-31-24-6-4-5-7-25(24)38-29)32-28(35)21-8-10-22(11-9-21)40(36,37)34-16-12-20(3)13-17-34/h4-11,19-20H,12-18H2,1-3H3,(H,32,35)/p+1. The van der Waals surface area contributed by atoms with E-state index in [1.54, 1.807) is 56.1 Å². The fourth-order valence-electron chi connectivity index (χ4n) is 5.61. The normalized spacial score (nSPS) is 18.8. The molecule has 2 aliphatic rings. The number of thiophene rings is 1. The second-order valence-electron chi connectivity index (χ2n) is 11.2. The third-order valence-corrected chi connectivity index (χ3v) is 12.3. The minimum atomic E-state index is -3.56. The average Bonchev–Trinajstić information content (AvgIpc) is 3.53. The molecular formula is C30H35N4O3S3+. The van der Waals surface area contributed by atoms with Gasteiger partial charge in [0.25, 0.3) is 5.91 Å². The molecule has 1 unspecified atom stereocenters. The highest BCUT2D eigenvalue weighted by molar-refractivity contribution is 7.89. The van der Waals surface area contributed by atoms with Crippen LogP contribution in [0.3, 0.4) is 0 Å². The molecule has 0 aliphatic carbocycles. The van der Waals surface area contributed by atoms with Crippen molar-refractivity contribution in [3.8, 4) is 10.6 Å². The average molecular weight is 596 g/mol. The summed E-state index contributed by atoms with van der Waals surface area (Å²) in [5, 5.41) is 4.92. The Morgan fingerprint density at radius 3 is 2.50 bits per heavy atom. The number of rotatable bonds is 6. The van der Waals surface area contributed by atoms with Crippen LogP contribution in [0.1, 0.15) is 54.4 Å². The summed E-state index contributed by atoms with van der Waals surface area (Å²) in [6.07, 6.45) is 2.69. The molecule has 4 heterocycles. The van der Waals surface area contributed by atoms with Crippen LogP contribution in [0.15, 0.2) is 53.4 Å². The number of fused-ring (bicyclic) bond motifs is 2. The summed E-state index contributed by atoms with van der Waals surface area (Å²) >= 11 is 3.30. The number of quaternary nitrogens is 1. The molecule has 7 nitrogen and oxygen atoms in total. The number of anilines is 1. The number of piperidine rings is 1. The minimum absolute atomic E-state index is 0.233. The van der Waals surface area contributed by atoms with E-state index < -0.39 is 10.0 Å². The van der Waals surface area contributed by atoms with Crippen molar-refractivity contribution in [1.29, 1.82) is 0 Å². The maximum absolute atomic E-state index is 13.5. The summed E-state index contributed by atoms with van der Waals surface area (Å²) in [4.78, 5) is 21.5.